The molecule has 1 aliphatic carbocycles. The number of carbonyl (C=O) groups is 2. The summed E-state index contributed by atoms with van der Waals surface area (Å²) in [4.78, 5) is 26.9. The molecule has 0 heterocycles. The maximum absolute atomic E-state index is 13.6. The van der Waals surface area contributed by atoms with Crippen molar-refractivity contribution in [3.63, 3.8) is 0 Å². The topological polar surface area (TPSA) is 97.1 Å². The molecule has 3 rings (SSSR count). The number of benzene rings is 2. The number of hydrogen-bond acceptors (Lipinski definition) is 4. The Bertz CT molecular complexity index is 1020. The molecule has 2 atom stereocenters. The number of nitrogens with one attached hydrogen (secondary N) is 1. The van der Waals surface area contributed by atoms with Crippen molar-refractivity contribution in [2.45, 2.75) is 51.0 Å². The van der Waals surface area contributed by atoms with Crippen LogP contribution in [0.2, 0.25) is 5.02 Å². The van der Waals surface area contributed by atoms with Gasteiger partial charge in [0, 0.05) is 36.5 Å². The van der Waals surface area contributed by atoms with E-state index in [1.165, 1.54) is 23.3 Å². The minimum absolute atomic E-state index is 0.00839. The number of nitrogens with zero attached hydrogens (tertiary/aromatic N) is 3. The summed E-state index contributed by atoms with van der Waals surface area (Å²) in [6.45, 7) is 5.49. The monoisotopic (exact) mass is 496 g/mol. The molecule has 0 spiro atoms. The molecule has 2 N–H and O–H groups in total. The van der Waals surface area contributed by atoms with Gasteiger partial charge >= 0.3 is 12.0 Å². The molecule has 1 fully saturated rings. The molecule has 0 aromatic heterocycles. The Hall–Kier alpha value is -3.19. The number of carboxylic acid groups (broad SMARTS) is 1. The van der Waals surface area contributed by atoms with Crippen molar-refractivity contribution >= 4 is 36.0 Å². The lowest BCUT2D eigenvalue weighted by Gasteiger charge is -2.35. The number of carbonyl (C=O) groups excluding carboxylic acids is 1. The predicted octanol–water partition coefficient (Wildman–Crippen LogP) is 5.88. The van der Waals surface area contributed by atoms with Gasteiger partial charge in [-0.2, -0.15) is 5.10 Å². The van der Waals surface area contributed by atoms with E-state index in [4.69, 9.17) is 17.0 Å². The Morgan fingerprint density at radius 1 is 1.11 bits per heavy atom. The van der Waals surface area contributed by atoms with E-state index in [1.54, 1.807) is 24.3 Å². The fourth-order valence-corrected chi connectivity index (χ4v) is 4.70. The number of carboxylic acids is 1. The number of amides is 2. The third kappa shape index (κ3) is 6.92. The molecule has 0 saturated heterocycles. The average Bonchev–Trinajstić information content (AvgIpc) is 2.88. The van der Waals surface area contributed by atoms with E-state index in [-0.39, 0.29) is 12.3 Å². The first kappa shape index (κ1) is 26.4. The van der Waals surface area contributed by atoms with Gasteiger partial charge in [0.1, 0.15) is 6.04 Å². The smallest absolute Gasteiger partial charge is 0.341 e. The van der Waals surface area contributed by atoms with Crippen molar-refractivity contribution in [2.24, 2.45) is 11.0 Å². The van der Waals surface area contributed by atoms with E-state index in [0.29, 0.717) is 23.0 Å². The van der Waals surface area contributed by atoms with Gasteiger partial charge in [-0.15, -0.1) is 0 Å². The van der Waals surface area contributed by atoms with Gasteiger partial charge in [-0.05, 0) is 48.9 Å². The molecule has 0 aliphatic heterocycles. The van der Waals surface area contributed by atoms with Crippen LogP contribution in [-0.4, -0.2) is 58.6 Å². The summed E-state index contributed by atoms with van der Waals surface area (Å²) in [5, 5.41) is 24.6. The highest BCUT2D eigenvalue weighted by Crippen LogP contribution is 2.27. The molecule has 2 unspecified atom stereocenters. The van der Waals surface area contributed by atoms with Gasteiger partial charge in [-0.1, -0.05) is 73.3 Å². The van der Waals surface area contributed by atoms with Crippen molar-refractivity contribution < 1.29 is 14.7 Å². The highest BCUT2D eigenvalue weighted by molar-refractivity contribution is 6.30. The lowest BCUT2D eigenvalue weighted by Crippen LogP contribution is -2.51. The van der Waals surface area contributed by atoms with Crippen LogP contribution in [0.25, 0.3) is 0 Å². The Morgan fingerprint density at radius 3 is 2.31 bits per heavy atom. The average molecular weight is 497 g/mol. The fourth-order valence-electron chi connectivity index (χ4n) is 4.57. The first-order valence-corrected chi connectivity index (χ1v) is 12.4. The van der Waals surface area contributed by atoms with Crippen molar-refractivity contribution in [3.05, 3.63) is 70.7 Å². The molecule has 2 aromatic rings. The van der Waals surface area contributed by atoms with E-state index in [2.05, 4.69) is 11.8 Å². The summed E-state index contributed by atoms with van der Waals surface area (Å²) >= 11 is 6.04. The van der Waals surface area contributed by atoms with Gasteiger partial charge in [-0.25, -0.2) is 14.6 Å². The molecular formula is C27H33ClN4O3. The standard InChI is InChI=1S/C27H33ClN4O3/c1-19(26(33)34)31(27(35)32(30-2)17-20-9-5-3-6-10-20)18-24(21-11-7-4-8-12-21)25(29)22-13-15-23(28)16-14-22/h4,7-8,11-16,19-20,24,29H,2-3,5-6,9-10,17-18H2,1H3,(H,33,34). The van der Waals surface area contributed by atoms with Gasteiger partial charge in [0.25, 0.3) is 0 Å². The molecule has 7 nitrogen and oxygen atoms in total. The highest BCUT2D eigenvalue weighted by Gasteiger charge is 2.34. The number of hydrazone groups is 1. The van der Waals surface area contributed by atoms with E-state index in [9.17, 15) is 14.7 Å². The molecule has 1 aliphatic rings. The van der Waals surface area contributed by atoms with Crippen LogP contribution in [0.15, 0.2) is 59.7 Å². The second kappa shape index (κ2) is 12.5. The first-order valence-electron chi connectivity index (χ1n) is 12.0. The SMILES string of the molecule is C=NN(CC1CCCCC1)C(=O)N(CC(C(=N)c1ccc(Cl)cc1)c1ccccc1)C(C)C(=O)O. The van der Waals surface area contributed by atoms with Gasteiger partial charge < -0.3 is 15.4 Å². The molecular weight excluding hydrogens is 464 g/mol. The maximum Gasteiger partial charge on any atom is 0.341 e. The van der Waals surface area contributed by atoms with Gasteiger partial charge in [-0.3, -0.25) is 0 Å². The summed E-state index contributed by atoms with van der Waals surface area (Å²) < 4.78 is 0. The van der Waals surface area contributed by atoms with Crippen LogP contribution in [-0.2, 0) is 4.79 Å². The van der Waals surface area contributed by atoms with Gasteiger partial charge in [0.15, 0.2) is 0 Å². The number of rotatable bonds is 10. The third-order valence-electron chi connectivity index (χ3n) is 6.70. The van der Waals surface area contributed by atoms with Crippen molar-refractivity contribution in [2.75, 3.05) is 13.1 Å². The van der Waals surface area contributed by atoms with Crippen molar-refractivity contribution in [1.82, 2.24) is 9.91 Å². The zero-order valence-electron chi connectivity index (χ0n) is 20.1. The number of aliphatic carboxylic acids is 1. The zero-order chi connectivity index (χ0) is 25.4. The van der Waals surface area contributed by atoms with Crippen LogP contribution in [0.5, 0.6) is 0 Å². The minimum atomic E-state index is -1.12. The second-order valence-corrected chi connectivity index (χ2v) is 9.50. The molecule has 2 aromatic carbocycles. The van der Waals surface area contributed by atoms with Crippen molar-refractivity contribution in [3.8, 4) is 0 Å². The summed E-state index contributed by atoms with van der Waals surface area (Å²) in [6, 6.07) is 14.7. The summed E-state index contributed by atoms with van der Waals surface area (Å²) in [5.74, 6) is -1.35. The maximum atomic E-state index is 13.6. The van der Waals surface area contributed by atoms with E-state index < -0.39 is 24.0 Å². The largest absolute Gasteiger partial charge is 0.480 e. The second-order valence-electron chi connectivity index (χ2n) is 9.06. The molecule has 2 amide bonds. The summed E-state index contributed by atoms with van der Waals surface area (Å²) in [6.07, 6.45) is 5.46. The van der Waals surface area contributed by atoms with Crippen LogP contribution in [0, 0.1) is 11.3 Å². The Morgan fingerprint density at radius 2 is 1.74 bits per heavy atom. The lowest BCUT2D eigenvalue weighted by atomic mass is 9.88. The highest BCUT2D eigenvalue weighted by atomic mass is 35.5. The van der Waals surface area contributed by atoms with E-state index >= 15 is 0 Å². The number of hydrogen-bond donors (Lipinski definition) is 2. The van der Waals surface area contributed by atoms with E-state index in [1.807, 2.05) is 30.3 Å². The van der Waals surface area contributed by atoms with Crippen LogP contribution in [0.3, 0.4) is 0 Å². The molecule has 186 valence electrons. The molecule has 8 heteroatoms. The van der Waals surface area contributed by atoms with Gasteiger partial charge in [0.2, 0.25) is 0 Å². The first-order chi connectivity index (χ1) is 16.8. The molecule has 0 bridgehead atoms. The van der Waals surface area contributed by atoms with Crippen LogP contribution in [0.1, 0.15) is 56.1 Å². The molecule has 0 radical (unpaired) electrons. The van der Waals surface area contributed by atoms with E-state index in [0.717, 1.165) is 31.2 Å². The van der Waals surface area contributed by atoms with Crippen molar-refractivity contribution in [1.29, 1.82) is 5.41 Å². The van der Waals surface area contributed by atoms with Crippen LogP contribution in [0.4, 0.5) is 4.79 Å². The zero-order valence-corrected chi connectivity index (χ0v) is 20.8. The summed E-state index contributed by atoms with van der Waals surface area (Å²) in [7, 11) is 0. The Kier molecular flexibility index (Phi) is 9.43. The minimum Gasteiger partial charge on any atom is -0.480 e. The molecule has 35 heavy (non-hydrogen) atoms. The Labute approximate surface area is 211 Å². The lowest BCUT2D eigenvalue weighted by molar-refractivity contribution is -0.141. The Balaban J connectivity index is 1.93. The quantitative estimate of drug-likeness (QED) is 0.317. The third-order valence-corrected chi connectivity index (χ3v) is 6.95. The fraction of sp³-hybridized carbons (Fsp3) is 0.407. The summed E-state index contributed by atoms with van der Waals surface area (Å²) in [5.41, 5.74) is 1.74. The molecule has 1 saturated carbocycles. The van der Waals surface area contributed by atoms with Gasteiger partial charge in [0.05, 0.1) is 0 Å². The van der Waals surface area contributed by atoms with Crippen LogP contribution >= 0.6 is 11.6 Å². The van der Waals surface area contributed by atoms with Crippen LogP contribution < -0.4 is 0 Å². The normalized spacial score (nSPS) is 15.6. The number of urea groups is 1. The number of halogens is 1. The predicted molar refractivity (Wildman–Crippen MR) is 139 cm³/mol.